The summed E-state index contributed by atoms with van der Waals surface area (Å²) in [6.45, 7) is 1.74. The molecule has 0 saturated carbocycles. The second-order valence-electron chi connectivity index (χ2n) is 2.85. The predicted octanol–water partition coefficient (Wildman–Crippen LogP) is 1.24. The molecule has 5 heteroatoms. The first-order valence-corrected chi connectivity index (χ1v) is 4.96. The van der Waals surface area contributed by atoms with E-state index in [1.54, 1.807) is 6.92 Å². The Morgan fingerprint density at radius 3 is 2.71 bits per heavy atom. The van der Waals surface area contributed by atoms with Gasteiger partial charge in [0.1, 0.15) is 6.04 Å². The molecule has 1 atom stereocenters. The summed E-state index contributed by atoms with van der Waals surface area (Å²) in [7, 11) is 0. The summed E-state index contributed by atoms with van der Waals surface area (Å²) in [5.41, 5.74) is 2.95. The number of amides is 1. The molecular weight excluding hydrogens is 246 g/mol. The third kappa shape index (κ3) is 2.71. The lowest BCUT2D eigenvalue weighted by Gasteiger charge is -2.14. The van der Waals surface area contributed by atoms with E-state index in [-0.39, 0.29) is 11.9 Å². The Balaban J connectivity index is 2.69. The van der Waals surface area contributed by atoms with Gasteiger partial charge in [0.2, 0.25) is 0 Å². The van der Waals surface area contributed by atoms with E-state index in [4.69, 9.17) is 5.84 Å². The molecule has 4 N–H and O–H groups in total. The quantitative estimate of drug-likeness (QED) is 0.434. The molecule has 0 aliphatic rings. The van der Waals surface area contributed by atoms with Crippen LogP contribution in [-0.2, 0) is 4.79 Å². The standard InChI is InChI=1S/C9H12BrN3O/c1-6(9(14)13-11)12-8-5-3-2-4-7(8)10/h2-6,12H,11H2,1H3,(H,13,14). The van der Waals surface area contributed by atoms with Crippen LogP contribution in [-0.4, -0.2) is 11.9 Å². The van der Waals surface area contributed by atoms with Gasteiger partial charge in [0.25, 0.3) is 5.91 Å². The van der Waals surface area contributed by atoms with Crippen LogP contribution in [0, 0.1) is 0 Å². The van der Waals surface area contributed by atoms with Crippen LogP contribution in [0.2, 0.25) is 0 Å². The zero-order chi connectivity index (χ0) is 10.6. The van der Waals surface area contributed by atoms with Crippen molar-refractivity contribution in [2.75, 3.05) is 5.32 Å². The van der Waals surface area contributed by atoms with E-state index in [9.17, 15) is 4.79 Å². The lowest BCUT2D eigenvalue weighted by Crippen LogP contribution is -2.41. The summed E-state index contributed by atoms with van der Waals surface area (Å²) in [5.74, 6) is 4.76. The molecule has 0 aliphatic heterocycles. The van der Waals surface area contributed by atoms with Crippen LogP contribution in [0.3, 0.4) is 0 Å². The zero-order valence-corrected chi connectivity index (χ0v) is 9.34. The Morgan fingerprint density at radius 2 is 2.14 bits per heavy atom. The molecule has 1 rings (SSSR count). The maximum absolute atomic E-state index is 11.1. The molecule has 0 bridgehead atoms. The number of carbonyl (C=O) groups excluding carboxylic acids is 1. The summed E-state index contributed by atoms with van der Waals surface area (Å²) in [6, 6.07) is 7.21. The number of anilines is 1. The van der Waals surface area contributed by atoms with Crippen molar-refractivity contribution in [3.05, 3.63) is 28.7 Å². The molecule has 1 amide bonds. The van der Waals surface area contributed by atoms with E-state index in [1.807, 2.05) is 24.3 Å². The van der Waals surface area contributed by atoms with Gasteiger partial charge >= 0.3 is 0 Å². The number of carbonyl (C=O) groups is 1. The molecule has 0 aliphatic carbocycles. The zero-order valence-electron chi connectivity index (χ0n) is 7.75. The third-order valence-electron chi connectivity index (χ3n) is 1.78. The molecular formula is C9H12BrN3O. The number of hydrazine groups is 1. The van der Waals surface area contributed by atoms with Crippen LogP contribution in [0.5, 0.6) is 0 Å². The summed E-state index contributed by atoms with van der Waals surface area (Å²) in [6.07, 6.45) is 0. The Hall–Kier alpha value is -1.07. The van der Waals surface area contributed by atoms with Crippen molar-refractivity contribution in [3.63, 3.8) is 0 Å². The largest absolute Gasteiger partial charge is 0.373 e. The van der Waals surface area contributed by atoms with Crippen molar-refractivity contribution in [1.82, 2.24) is 5.43 Å². The van der Waals surface area contributed by atoms with Crippen molar-refractivity contribution in [3.8, 4) is 0 Å². The SMILES string of the molecule is CC(Nc1ccccc1Br)C(=O)NN. The maximum atomic E-state index is 11.1. The summed E-state index contributed by atoms with van der Waals surface area (Å²) in [4.78, 5) is 11.1. The monoisotopic (exact) mass is 257 g/mol. The molecule has 0 fully saturated rings. The van der Waals surface area contributed by atoms with E-state index in [0.717, 1.165) is 10.2 Å². The van der Waals surface area contributed by atoms with E-state index in [0.29, 0.717) is 0 Å². The number of nitrogens with two attached hydrogens (primary N) is 1. The van der Waals surface area contributed by atoms with Gasteiger partial charge in [-0.15, -0.1) is 0 Å². The van der Waals surface area contributed by atoms with Gasteiger partial charge in [-0.3, -0.25) is 10.2 Å². The highest BCUT2D eigenvalue weighted by molar-refractivity contribution is 9.10. The van der Waals surface area contributed by atoms with Gasteiger partial charge in [0.15, 0.2) is 0 Å². The lowest BCUT2D eigenvalue weighted by atomic mass is 10.2. The van der Waals surface area contributed by atoms with E-state index in [2.05, 4.69) is 26.7 Å². The predicted molar refractivity (Wildman–Crippen MR) is 59.6 cm³/mol. The molecule has 0 radical (unpaired) electrons. The average molecular weight is 258 g/mol. The van der Waals surface area contributed by atoms with E-state index in [1.165, 1.54) is 0 Å². The van der Waals surface area contributed by atoms with Crippen molar-refractivity contribution in [2.45, 2.75) is 13.0 Å². The summed E-state index contributed by atoms with van der Waals surface area (Å²) in [5, 5.41) is 3.02. The van der Waals surface area contributed by atoms with Crippen molar-refractivity contribution in [1.29, 1.82) is 0 Å². The average Bonchev–Trinajstić information content (AvgIpc) is 2.20. The normalized spacial score (nSPS) is 11.9. The number of nitrogens with one attached hydrogen (secondary N) is 2. The fraction of sp³-hybridized carbons (Fsp3) is 0.222. The molecule has 1 unspecified atom stereocenters. The molecule has 14 heavy (non-hydrogen) atoms. The van der Waals surface area contributed by atoms with Crippen molar-refractivity contribution < 1.29 is 4.79 Å². The van der Waals surface area contributed by atoms with Crippen LogP contribution < -0.4 is 16.6 Å². The molecule has 0 heterocycles. The van der Waals surface area contributed by atoms with Crippen LogP contribution in [0.4, 0.5) is 5.69 Å². The highest BCUT2D eigenvalue weighted by Gasteiger charge is 2.11. The molecule has 0 saturated heterocycles. The Bertz CT molecular complexity index is 330. The first-order valence-electron chi connectivity index (χ1n) is 4.16. The van der Waals surface area contributed by atoms with E-state index < -0.39 is 0 Å². The molecule has 0 spiro atoms. The molecule has 1 aromatic rings. The molecule has 1 aromatic carbocycles. The minimum absolute atomic E-state index is 0.249. The summed E-state index contributed by atoms with van der Waals surface area (Å²) < 4.78 is 0.914. The number of halogens is 1. The second kappa shape index (κ2) is 4.97. The van der Waals surface area contributed by atoms with Gasteiger partial charge in [-0.1, -0.05) is 12.1 Å². The smallest absolute Gasteiger partial charge is 0.256 e. The lowest BCUT2D eigenvalue weighted by molar-refractivity contribution is -0.121. The minimum Gasteiger partial charge on any atom is -0.373 e. The fourth-order valence-electron chi connectivity index (χ4n) is 1.00. The number of benzene rings is 1. The highest BCUT2D eigenvalue weighted by Crippen LogP contribution is 2.21. The Kier molecular flexibility index (Phi) is 3.91. The number of rotatable bonds is 3. The number of hydrogen-bond donors (Lipinski definition) is 3. The second-order valence-corrected chi connectivity index (χ2v) is 3.71. The van der Waals surface area contributed by atoms with Gasteiger partial charge in [0.05, 0.1) is 0 Å². The number of hydrogen-bond acceptors (Lipinski definition) is 3. The topological polar surface area (TPSA) is 67.2 Å². The first kappa shape index (κ1) is 11.0. The summed E-state index contributed by atoms with van der Waals surface area (Å²) >= 11 is 3.37. The Labute approximate surface area is 91.0 Å². The number of para-hydroxylation sites is 1. The van der Waals surface area contributed by atoms with Gasteiger partial charge in [0, 0.05) is 10.2 Å². The fourth-order valence-corrected chi connectivity index (χ4v) is 1.40. The van der Waals surface area contributed by atoms with Crippen molar-refractivity contribution >= 4 is 27.5 Å². The molecule has 76 valence electrons. The molecule has 4 nitrogen and oxygen atoms in total. The highest BCUT2D eigenvalue weighted by atomic mass is 79.9. The van der Waals surface area contributed by atoms with Gasteiger partial charge in [-0.05, 0) is 35.0 Å². The van der Waals surface area contributed by atoms with Gasteiger partial charge < -0.3 is 5.32 Å². The van der Waals surface area contributed by atoms with E-state index >= 15 is 0 Å². The molecule has 0 aromatic heterocycles. The minimum atomic E-state index is -0.362. The first-order chi connectivity index (χ1) is 6.65. The van der Waals surface area contributed by atoms with Gasteiger partial charge in [-0.2, -0.15) is 0 Å². The third-order valence-corrected chi connectivity index (χ3v) is 2.47. The Morgan fingerprint density at radius 1 is 1.50 bits per heavy atom. The van der Waals surface area contributed by atoms with Crippen LogP contribution in [0.1, 0.15) is 6.92 Å². The van der Waals surface area contributed by atoms with Crippen LogP contribution in [0.25, 0.3) is 0 Å². The maximum Gasteiger partial charge on any atom is 0.256 e. The van der Waals surface area contributed by atoms with Crippen LogP contribution >= 0.6 is 15.9 Å². The van der Waals surface area contributed by atoms with Crippen LogP contribution in [0.15, 0.2) is 28.7 Å². The van der Waals surface area contributed by atoms with Crippen molar-refractivity contribution in [2.24, 2.45) is 5.84 Å². The van der Waals surface area contributed by atoms with Gasteiger partial charge in [-0.25, -0.2) is 5.84 Å².